The average Bonchev–Trinajstić information content (AvgIpc) is 2.85. The third-order valence-electron chi connectivity index (χ3n) is 3.97. The highest BCUT2D eigenvalue weighted by molar-refractivity contribution is 7.99. The number of amides is 2. The van der Waals surface area contributed by atoms with Crippen molar-refractivity contribution < 1.29 is 14.7 Å². The van der Waals surface area contributed by atoms with E-state index in [2.05, 4.69) is 0 Å². The van der Waals surface area contributed by atoms with Gasteiger partial charge >= 0.3 is 12.0 Å². The second kappa shape index (κ2) is 7.17. The number of thioether (sulfide) groups is 1. The Labute approximate surface area is 124 Å². The number of carboxylic acids is 1. The predicted octanol–water partition coefficient (Wildman–Crippen LogP) is 0.636. The summed E-state index contributed by atoms with van der Waals surface area (Å²) in [6, 6.07) is 0.445. The minimum atomic E-state index is -0.801. The molecule has 0 spiro atoms. The number of rotatable bonds is 3. The first kappa shape index (κ1) is 15.4. The van der Waals surface area contributed by atoms with Crippen LogP contribution in [0.15, 0.2) is 0 Å². The van der Waals surface area contributed by atoms with E-state index in [1.807, 2.05) is 33.5 Å². The fourth-order valence-corrected chi connectivity index (χ4v) is 3.99. The minimum absolute atomic E-state index is 0.0666. The van der Waals surface area contributed by atoms with Crippen LogP contribution in [0.3, 0.4) is 0 Å². The Balaban J connectivity index is 1.85. The van der Waals surface area contributed by atoms with E-state index in [-0.39, 0.29) is 12.6 Å². The van der Waals surface area contributed by atoms with Gasteiger partial charge in [-0.1, -0.05) is 0 Å². The maximum absolute atomic E-state index is 12.5. The van der Waals surface area contributed by atoms with Gasteiger partial charge in [0.05, 0.1) is 6.54 Å². The van der Waals surface area contributed by atoms with Crippen LogP contribution < -0.4 is 0 Å². The zero-order valence-electron chi connectivity index (χ0n) is 12.0. The van der Waals surface area contributed by atoms with Crippen LogP contribution >= 0.6 is 11.8 Å². The molecule has 0 bridgehead atoms. The maximum Gasteiger partial charge on any atom is 0.320 e. The zero-order valence-corrected chi connectivity index (χ0v) is 12.8. The van der Waals surface area contributed by atoms with E-state index < -0.39 is 5.97 Å². The molecule has 2 rings (SSSR count). The van der Waals surface area contributed by atoms with Crippen LogP contribution in [-0.2, 0) is 4.79 Å². The summed E-state index contributed by atoms with van der Waals surface area (Å²) >= 11 is 1.90. The number of carbonyl (C=O) groups is 2. The van der Waals surface area contributed by atoms with Crippen LogP contribution in [0.1, 0.15) is 12.8 Å². The van der Waals surface area contributed by atoms with E-state index in [1.54, 1.807) is 0 Å². The van der Waals surface area contributed by atoms with Crippen molar-refractivity contribution in [2.45, 2.75) is 18.9 Å². The molecule has 0 radical (unpaired) electrons. The molecule has 0 saturated carbocycles. The summed E-state index contributed by atoms with van der Waals surface area (Å²) in [5.74, 6) is 1.36. The average molecular weight is 301 g/mol. The molecule has 0 aromatic rings. The van der Waals surface area contributed by atoms with Crippen LogP contribution in [-0.4, -0.2) is 89.1 Å². The number of carboxylic acid groups (broad SMARTS) is 1. The summed E-state index contributed by atoms with van der Waals surface area (Å²) in [6.45, 7) is 2.80. The predicted molar refractivity (Wildman–Crippen MR) is 79.2 cm³/mol. The fourth-order valence-electron chi connectivity index (χ4n) is 2.72. The second-order valence-corrected chi connectivity index (χ2v) is 6.57. The summed E-state index contributed by atoms with van der Waals surface area (Å²) in [5, 5.41) is 8.83. The third-order valence-corrected chi connectivity index (χ3v) is 5.12. The smallest absolute Gasteiger partial charge is 0.320 e. The van der Waals surface area contributed by atoms with Crippen molar-refractivity contribution in [2.24, 2.45) is 0 Å². The number of carbonyl (C=O) groups excluding carboxylic acids is 1. The molecule has 1 N–H and O–H groups in total. The first-order valence-corrected chi connectivity index (χ1v) is 8.27. The van der Waals surface area contributed by atoms with Crippen LogP contribution in [0.25, 0.3) is 0 Å². The Bertz CT molecular complexity index is 361. The van der Waals surface area contributed by atoms with Gasteiger partial charge < -0.3 is 14.9 Å². The lowest BCUT2D eigenvalue weighted by Crippen LogP contribution is -2.47. The van der Waals surface area contributed by atoms with Gasteiger partial charge in [-0.15, -0.1) is 0 Å². The van der Waals surface area contributed by atoms with Gasteiger partial charge in [0.15, 0.2) is 0 Å². The zero-order chi connectivity index (χ0) is 14.5. The molecule has 2 heterocycles. The molecule has 2 fully saturated rings. The van der Waals surface area contributed by atoms with Gasteiger partial charge in [-0.05, 0) is 18.6 Å². The van der Waals surface area contributed by atoms with Gasteiger partial charge in [0, 0.05) is 45.0 Å². The lowest BCUT2D eigenvalue weighted by molar-refractivity contribution is -0.138. The summed E-state index contributed by atoms with van der Waals surface area (Å²) in [6.07, 6.45) is 1.91. The normalized spacial score (nSPS) is 24.4. The van der Waals surface area contributed by atoms with Crippen molar-refractivity contribution in [3.8, 4) is 0 Å². The number of hydrogen-bond acceptors (Lipinski definition) is 4. The van der Waals surface area contributed by atoms with Gasteiger partial charge in [0.25, 0.3) is 0 Å². The van der Waals surface area contributed by atoms with Crippen LogP contribution in [0.5, 0.6) is 0 Å². The number of aliphatic carboxylic acids is 1. The van der Waals surface area contributed by atoms with Gasteiger partial charge in [-0.3, -0.25) is 9.69 Å². The van der Waals surface area contributed by atoms with E-state index in [9.17, 15) is 9.59 Å². The molecule has 6 nitrogen and oxygen atoms in total. The van der Waals surface area contributed by atoms with E-state index >= 15 is 0 Å². The van der Waals surface area contributed by atoms with E-state index in [4.69, 9.17) is 5.11 Å². The largest absolute Gasteiger partial charge is 0.480 e. The molecule has 20 heavy (non-hydrogen) atoms. The molecule has 7 heteroatoms. The van der Waals surface area contributed by atoms with Crippen molar-refractivity contribution in [1.82, 2.24) is 14.7 Å². The Morgan fingerprint density at radius 1 is 1.30 bits per heavy atom. The number of urea groups is 1. The van der Waals surface area contributed by atoms with E-state index in [0.717, 1.165) is 37.4 Å². The molecule has 2 aliphatic heterocycles. The molecule has 0 aliphatic carbocycles. The van der Waals surface area contributed by atoms with Gasteiger partial charge in [0.2, 0.25) is 0 Å². The van der Waals surface area contributed by atoms with E-state index in [1.165, 1.54) is 0 Å². The third kappa shape index (κ3) is 4.02. The summed E-state index contributed by atoms with van der Waals surface area (Å²) in [4.78, 5) is 28.9. The molecule has 2 saturated heterocycles. The molecule has 2 aliphatic rings. The highest BCUT2D eigenvalue weighted by atomic mass is 32.2. The Morgan fingerprint density at radius 2 is 2.10 bits per heavy atom. The Kier molecular flexibility index (Phi) is 5.54. The fraction of sp³-hybridized carbons (Fsp3) is 0.846. The Morgan fingerprint density at radius 3 is 2.75 bits per heavy atom. The first-order valence-electron chi connectivity index (χ1n) is 7.11. The van der Waals surface area contributed by atoms with Crippen molar-refractivity contribution >= 4 is 23.8 Å². The number of hydrogen-bond donors (Lipinski definition) is 1. The lowest BCUT2D eigenvalue weighted by Gasteiger charge is -2.30. The molecular weight excluding hydrogens is 278 g/mol. The monoisotopic (exact) mass is 301 g/mol. The van der Waals surface area contributed by atoms with E-state index in [0.29, 0.717) is 19.1 Å². The molecule has 1 atom stereocenters. The van der Waals surface area contributed by atoms with Crippen molar-refractivity contribution in [3.63, 3.8) is 0 Å². The van der Waals surface area contributed by atoms with Crippen LogP contribution in [0.2, 0.25) is 0 Å². The molecule has 0 aromatic heterocycles. The second-order valence-electron chi connectivity index (χ2n) is 5.42. The minimum Gasteiger partial charge on any atom is -0.480 e. The molecular formula is C13H23N3O3S. The summed E-state index contributed by atoms with van der Waals surface area (Å²) in [5.41, 5.74) is 0. The molecule has 0 aromatic carbocycles. The topological polar surface area (TPSA) is 64.1 Å². The molecule has 1 unspecified atom stereocenters. The van der Waals surface area contributed by atoms with Crippen molar-refractivity contribution in [1.29, 1.82) is 0 Å². The van der Waals surface area contributed by atoms with Gasteiger partial charge in [0.1, 0.15) is 0 Å². The summed E-state index contributed by atoms with van der Waals surface area (Å²) < 4.78 is 0. The maximum atomic E-state index is 12.5. The summed E-state index contributed by atoms with van der Waals surface area (Å²) in [7, 11) is 1.89. The highest BCUT2D eigenvalue weighted by Gasteiger charge is 2.28. The van der Waals surface area contributed by atoms with Crippen LogP contribution in [0.4, 0.5) is 4.79 Å². The standard InChI is InChI=1S/C13H23N3O3S/c1-14(11-3-8-20-10-11)13(19)16-5-2-4-15(6-7-16)9-12(17)18/h11H,2-10H2,1H3,(H,17,18). The van der Waals surface area contributed by atoms with Crippen molar-refractivity contribution in [3.05, 3.63) is 0 Å². The van der Waals surface area contributed by atoms with Gasteiger partial charge in [-0.25, -0.2) is 4.79 Å². The van der Waals surface area contributed by atoms with Crippen molar-refractivity contribution in [2.75, 3.05) is 51.3 Å². The molecule has 2 amide bonds. The number of nitrogens with zero attached hydrogens (tertiary/aromatic N) is 3. The highest BCUT2D eigenvalue weighted by Crippen LogP contribution is 2.22. The lowest BCUT2D eigenvalue weighted by atomic mass is 10.2. The Hall–Kier alpha value is -0.950. The quantitative estimate of drug-likeness (QED) is 0.828. The van der Waals surface area contributed by atoms with Crippen LogP contribution in [0, 0.1) is 0 Å². The first-order chi connectivity index (χ1) is 9.58. The molecule has 114 valence electrons. The van der Waals surface area contributed by atoms with Gasteiger partial charge in [-0.2, -0.15) is 11.8 Å². The SMILES string of the molecule is CN(C(=O)N1CCCN(CC(=O)O)CC1)C1CCSC1.